The molecule has 33 heavy (non-hydrogen) atoms. The van der Waals surface area contributed by atoms with Crippen molar-refractivity contribution in [3.05, 3.63) is 64.7 Å². The van der Waals surface area contributed by atoms with Crippen molar-refractivity contribution < 1.29 is 24.2 Å². The molecule has 3 rings (SSSR count). The number of amides is 1. The predicted molar refractivity (Wildman–Crippen MR) is 128 cm³/mol. The summed E-state index contributed by atoms with van der Waals surface area (Å²) >= 11 is 0. The van der Waals surface area contributed by atoms with Crippen molar-refractivity contribution in [3.8, 4) is 11.5 Å². The molecule has 1 aliphatic rings. The van der Waals surface area contributed by atoms with Gasteiger partial charge in [0.15, 0.2) is 0 Å². The summed E-state index contributed by atoms with van der Waals surface area (Å²) < 4.78 is 11.0. The highest BCUT2D eigenvalue weighted by molar-refractivity contribution is 6.46. The minimum absolute atomic E-state index is 0.0885. The monoisotopic (exact) mass is 452 g/mol. The first kappa shape index (κ1) is 24.3. The number of likely N-dealkylation sites (tertiary alicyclic amines) is 1. The molecule has 1 amide bonds. The SMILES string of the molecule is CCCOc1ccc(C(O)=C2C(=O)C(=O)N(CCN(C)C)C2c2ccc(OC)cc2)cc1C. The Labute approximate surface area is 195 Å². The van der Waals surface area contributed by atoms with E-state index >= 15 is 0 Å². The number of rotatable bonds is 9. The summed E-state index contributed by atoms with van der Waals surface area (Å²) in [4.78, 5) is 29.6. The molecule has 7 nitrogen and oxygen atoms in total. The fourth-order valence-electron chi connectivity index (χ4n) is 3.88. The Bertz CT molecular complexity index is 1040. The Balaban J connectivity index is 2.09. The molecule has 0 saturated carbocycles. The Morgan fingerprint density at radius 3 is 2.39 bits per heavy atom. The fourth-order valence-corrected chi connectivity index (χ4v) is 3.88. The lowest BCUT2D eigenvalue weighted by atomic mass is 9.94. The second kappa shape index (κ2) is 10.5. The zero-order chi connectivity index (χ0) is 24.1. The quantitative estimate of drug-likeness (QED) is 0.354. The number of carbonyl (C=O) groups is 2. The molecule has 1 atom stereocenters. The van der Waals surface area contributed by atoms with Crippen LogP contribution in [0.15, 0.2) is 48.0 Å². The standard InChI is InChI=1S/C26H32N2O5/c1-6-15-33-21-12-9-19(16-17(21)2)24(29)22-23(18-7-10-20(32-5)11-8-18)28(14-13-27(3)4)26(31)25(22)30/h7-12,16,23,29H,6,13-15H2,1-5H3. The molecule has 0 bridgehead atoms. The molecule has 7 heteroatoms. The van der Waals surface area contributed by atoms with Crippen molar-refractivity contribution >= 4 is 17.4 Å². The number of Topliss-reactive ketones (excluding diaryl/α,β-unsaturated/α-hetero) is 1. The summed E-state index contributed by atoms with van der Waals surface area (Å²) in [5.74, 6) is -0.0876. The average molecular weight is 453 g/mol. The van der Waals surface area contributed by atoms with Crippen molar-refractivity contribution in [2.24, 2.45) is 0 Å². The minimum Gasteiger partial charge on any atom is -0.507 e. The van der Waals surface area contributed by atoms with Crippen LogP contribution in [0.4, 0.5) is 0 Å². The number of ketones is 1. The fraction of sp³-hybridized carbons (Fsp3) is 0.385. The highest BCUT2D eigenvalue weighted by Gasteiger charge is 2.45. The first-order valence-electron chi connectivity index (χ1n) is 11.1. The summed E-state index contributed by atoms with van der Waals surface area (Å²) in [5.41, 5.74) is 2.14. The first-order chi connectivity index (χ1) is 15.8. The molecular weight excluding hydrogens is 420 g/mol. The van der Waals surface area contributed by atoms with Gasteiger partial charge in [0.05, 0.1) is 25.3 Å². The van der Waals surface area contributed by atoms with Gasteiger partial charge < -0.3 is 24.4 Å². The van der Waals surface area contributed by atoms with Gasteiger partial charge in [-0.3, -0.25) is 9.59 Å². The number of benzene rings is 2. The van der Waals surface area contributed by atoms with E-state index in [4.69, 9.17) is 9.47 Å². The van der Waals surface area contributed by atoms with Crippen LogP contribution in [0.2, 0.25) is 0 Å². The van der Waals surface area contributed by atoms with Crippen LogP contribution < -0.4 is 9.47 Å². The van der Waals surface area contributed by atoms with Crippen LogP contribution in [0.1, 0.15) is 36.1 Å². The van der Waals surface area contributed by atoms with Gasteiger partial charge in [-0.05, 0) is 68.9 Å². The third-order valence-electron chi connectivity index (χ3n) is 5.67. The number of ether oxygens (including phenoxy) is 2. The highest BCUT2D eigenvalue weighted by atomic mass is 16.5. The third kappa shape index (κ3) is 5.20. The number of aliphatic hydroxyl groups excluding tert-OH is 1. The molecule has 0 radical (unpaired) electrons. The van der Waals surface area contributed by atoms with Gasteiger partial charge in [-0.1, -0.05) is 19.1 Å². The maximum atomic E-state index is 13.1. The largest absolute Gasteiger partial charge is 0.507 e. The summed E-state index contributed by atoms with van der Waals surface area (Å²) in [7, 11) is 5.39. The molecule has 1 unspecified atom stereocenters. The summed E-state index contributed by atoms with van der Waals surface area (Å²) in [6, 6.07) is 11.8. The number of carbonyl (C=O) groups excluding carboxylic acids is 2. The van der Waals surface area contributed by atoms with Gasteiger partial charge in [0.25, 0.3) is 11.7 Å². The van der Waals surface area contributed by atoms with Crippen LogP contribution in [0.25, 0.3) is 5.76 Å². The summed E-state index contributed by atoms with van der Waals surface area (Å²) in [6.07, 6.45) is 0.888. The molecule has 2 aromatic carbocycles. The van der Waals surface area contributed by atoms with Crippen LogP contribution in [0.3, 0.4) is 0 Å². The van der Waals surface area contributed by atoms with Gasteiger partial charge in [-0.2, -0.15) is 0 Å². The van der Waals surface area contributed by atoms with Crippen LogP contribution >= 0.6 is 0 Å². The Morgan fingerprint density at radius 1 is 1.12 bits per heavy atom. The van der Waals surface area contributed by atoms with Crippen LogP contribution in [-0.2, 0) is 9.59 Å². The zero-order valence-electron chi connectivity index (χ0n) is 19.9. The number of likely N-dealkylation sites (N-methyl/N-ethyl adjacent to an activating group) is 1. The third-order valence-corrected chi connectivity index (χ3v) is 5.67. The van der Waals surface area contributed by atoms with Crippen molar-refractivity contribution in [2.75, 3.05) is 40.9 Å². The van der Waals surface area contributed by atoms with Gasteiger partial charge in [0, 0.05) is 18.7 Å². The molecule has 0 aliphatic carbocycles. The first-order valence-corrected chi connectivity index (χ1v) is 11.1. The Kier molecular flexibility index (Phi) is 7.76. The lowest BCUT2D eigenvalue weighted by molar-refractivity contribution is -0.140. The number of hydrogen-bond acceptors (Lipinski definition) is 6. The van der Waals surface area contributed by atoms with Crippen molar-refractivity contribution in [3.63, 3.8) is 0 Å². The predicted octanol–water partition coefficient (Wildman–Crippen LogP) is 3.78. The number of hydrogen-bond donors (Lipinski definition) is 1. The summed E-state index contributed by atoms with van der Waals surface area (Å²) in [5, 5.41) is 11.2. The molecule has 2 aromatic rings. The van der Waals surface area contributed by atoms with E-state index in [1.165, 1.54) is 4.90 Å². The zero-order valence-corrected chi connectivity index (χ0v) is 19.9. The van der Waals surface area contributed by atoms with Crippen molar-refractivity contribution in [1.29, 1.82) is 0 Å². The van der Waals surface area contributed by atoms with E-state index < -0.39 is 17.7 Å². The lowest BCUT2D eigenvalue weighted by Crippen LogP contribution is -2.35. The smallest absolute Gasteiger partial charge is 0.295 e. The van der Waals surface area contributed by atoms with E-state index in [9.17, 15) is 14.7 Å². The maximum Gasteiger partial charge on any atom is 0.295 e. The van der Waals surface area contributed by atoms with Gasteiger partial charge in [-0.15, -0.1) is 0 Å². The maximum absolute atomic E-state index is 13.1. The van der Waals surface area contributed by atoms with E-state index in [0.717, 1.165) is 23.3 Å². The molecule has 0 spiro atoms. The van der Waals surface area contributed by atoms with Crippen molar-refractivity contribution in [2.45, 2.75) is 26.3 Å². The van der Waals surface area contributed by atoms with E-state index in [-0.39, 0.29) is 11.3 Å². The van der Waals surface area contributed by atoms with Gasteiger partial charge in [-0.25, -0.2) is 0 Å². The van der Waals surface area contributed by atoms with E-state index in [1.54, 1.807) is 37.4 Å². The van der Waals surface area contributed by atoms with Crippen LogP contribution in [0, 0.1) is 6.92 Å². The Hall–Kier alpha value is -3.32. The number of aryl methyl sites for hydroxylation is 1. The number of nitrogens with zero attached hydrogens (tertiary/aromatic N) is 2. The minimum atomic E-state index is -0.688. The second-order valence-electron chi connectivity index (χ2n) is 8.40. The Morgan fingerprint density at radius 2 is 1.82 bits per heavy atom. The topological polar surface area (TPSA) is 79.3 Å². The van der Waals surface area contributed by atoms with E-state index in [2.05, 4.69) is 0 Å². The van der Waals surface area contributed by atoms with Gasteiger partial charge in [0.2, 0.25) is 0 Å². The molecule has 1 fully saturated rings. The molecule has 1 N–H and O–H groups in total. The highest BCUT2D eigenvalue weighted by Crippen LogP contribution is 2.40. The van der Waals surface area contributed by atoms with Crippen molar-refractivity contribution in [1.82, 2.24) is 9.80 Å². The molecular formula is C26H32N2O5. The molecule has 0 aromatic heterocycles. The molecule has 1 saturated heterocycles. The lowest BCUT2D eigenvalue weighted by Gasteiger charge is -2.26. The van der Waals surface area contributed by atoms with Crippen LogP contribution in [-0.4, -0.2) is 67.5 Å². The molecule has 176 valence electrons. The average Bonchev–Trinajstić information content (AvgIpc) is 3.06. The number of aliphatic hydroxyl groups is 1. The normalized spacial score (nSPS) is 17.6. The van der Waals surface area contributed by atoms with Crippen LogP contribution in [0.5, 0.6) is 11.5 Å². The second-order valence-corrected chi connectivity index (χ2v) is 8.40. The van der Waals surface area contributed by atoms with E-state index in [0.29, 0.717) is 31.0 Å². The van der Waals surface area contributed by atoms with Gasteiger partial charge in [0.1, 0.15) is 17.3 Å². The number of methoxy groups -OCH3 is 1. The molecule has 1 aliphatic heterocycles. The van der Waals surface area contributed by atoms with E-state index in [1.807, 2.05) is 45.0 Å². The molecule has 1 heterocycles. The summed E-state index contributed by atoms with van der Waals surface area (Å²) in [6.45, 7) is 5.46. The van der Waals surface area contributed by atoms with Gasteiger partial charge >= 0.3 is 0 Å².